The molecule has 192 valence electrons. The van der Waals surface area contributed by atoms with Crippen LogP contribution < -0.4 is 24.4 Å². The van der Waals surface area contributed by atoms with Crippen molar-refractivity contribution in [1.29, 1.82) is 0 Å². The molecule has 10 heteroatoms. The fourth-order valence-corrected chi connectivity index (χ4v) is 5.51. The third-order valence-electron chi connectivity index (χ3n) is 5.69. The summed E-state index contributed by atoms with van der Waals surface area (Å²) in [6.07, 6.45) is 3.71. The maximum absolute atomic E-state index is 13.7. The third-order valence-corrected chi connectivity index (χ3v) is 7.41. The molecule has 0 saturated carbocycles. The maximum atomic E-state index is 13.7. The molecular weight excluding hydrogens is 512 g/mol. The lowest BCUT2D eigenvalue weighted by Gasteiger charge is -2.24. The fourth-order valence-electron chi connectivity index (χ4n) is 4.06. The highest BCUT2D eigenvalue weighted by Gasteiger charge is 2.33. The predicted molar refractivity (Wildman–Crippen MR) is 143 cm³/mol. The number of ether oxygens (including phenoxy) is 3. The number of esters is 2. The van der Waals surface area contributed by atoms with E-state index in [0.29, 0.717) is 31.9 Å². The highest BCUT2D eigenvalue weighted by molar-refractivity contribution is 7.98. The molecule has 1 aliphatic rings. The Morgan fingerprint density at radius 3 is 2.51 bits per heavy atom. The van der Waals surface area contributed by atoms with E-state index in [1.54, 1.807) is 54.5 Å². The summed E-state index contributed by atoms with van der Waals surface area (Å²) in [5, 5.41) is 0. The molecule has 0 radical (unpaired) electrons. The summed E-state index contributed by atoms with van der Waals surface area (Å²) in [6.45, 7) is 5.02. The van der Waals surface area contributed by atoms with Gasteiger partial charge in [-0.2, -0.15) is 0 Å². The van der Waals surface area contributed by atoms with Crippen molar-refractivity contribution >= 4 is 41.1 Å². The van der Waals surface area contributed by atoms with E-state index in [-0.39, 0.29) is 17.9 Å². The maximum Gasteiger partial charge on any atom is 0.338 e. The lowest BCUT2D eigenvalue weighted by Crippen LogP contribution is -2.39. The Morgan fingerprint density at radius 1 is 1.16 bits per heavy atom. The number of aromatic nitrogens is 1. The fraction of sp³-hybridized carbons (Fsp3) is 0.259. The van der Waals surface area contributed by atoms with Gasteiger partial charge in [-0.1, -0.05) is 29.5 Å². The average Bonchev–Trinajstić information content (AvgIpc) is 3.18. The number of carbonyl (C=O) groups is 2. The minimum Gasteiger partial charge on any atom is -0.493 e. The second-order valence-corrected chi connectivity index (χ2v) is 9.97. The van der Waals surface area contributed by atoms with Crippen molar-refractivity contribution in [2.75, 3.05) is 20.0 Å². The Balaban J connectivity index is 1.88. The highest BCUT2D eigenvalue weighted by Crippen LogP contribution is 2.32. The normalized spacial score (nSPS) is 15.2. The Bertz CT molecular complexity index is 1570. The number of nitrogens with zero attached hydrogens (tertiary/aromatic N) is 2. The van der Waals surface area contributed by atoms with Crippen LogP contribution in [0.2, 0.25) is 0 Å². The van der Waals surface area contributed by atoms with E-state index in [9.17, 15) is 14.4 Å². The average molecular weight is 539 g/mol. The van der Waals surface area contributed by atoms with Gasteiger partial charge in [-0.05, 0) is 61.6 Å². The van der Waals surface area contributed by atoms with Gasteiger partial charge in [0.05, 0.1) is 35.6 Å². The molecule has 1 atom stereocenters. The van der Waals surface area contributed by atoms with Gasteiger partial charge < -0.3 is 14.2 Å². The molecule has 1 aliphatic heterocycles. The van der Waals surface area contributed by atoms with E-state index in [1.807, 2.05) is 30.5 Å². The van der Waals surface area contributed by atoms with Gasteiger partial charge >= 0.3 is 11.9 Å². The van der Waals surface area contributed by atoms with Gasteiger partial charge in [0, 0.05) is 11.8 Å². The van der Waals surface area contributed by atoms with Crippen LogP contribution in [0, 0.1) is 0 Å². The molecule has 0 aliphatic carbocycles. The number of benzene rings is 2. The van der Waals surface area contributed by atoms with Gasteiger partial charge in [0.15, 0.2) is 16.3 Å². The van der Waals surface area contributed by atoms with Crippen LogP contribution in [0.4, 0.5) is 0 Å². The number of thioether (sulfide) groups is 1. The molecule has 4 rings (SSSR count). The summed E-state index contributed by atoms with van der Waals surface area (Å²) in [4.78, 5) is 44.2. The number of rotatable bonds is 7. The number of methoxy groups -OCH3 is 1. The van der Waals surface area contributed by atoms with Crippen LogP contribution in [-0.2, 0) is 14.3 Å². The second-order valence-electron chi connectivity index (χ2n) is 8.08. The van der Waals surface area contributed by atoms with E-state index >= 15 is 0 Å². The minimum absolute atomic E-state index is 0.212. The first-order valence-corrected chi connectivity index (χ1v) is 13.5. The number of hydrogen-bond donors (Lipinski definition) is 0. The summed E-state index contributed by atoms with van der Waals surface area (Å²) >= 11 is 2.84. The molecule has 37 heavy (non-hydrogen) atoms. The van der Waals surface area contributed by atoms with Crippen LogP contribution in [0.5, 0.6) is 11.5 Å². The van der Waals surface area contributed by atoms with Gasteiger partial charge in [0.2, 0.25) is 0 Å². The van der Waals surface area contributed by atoms with Gasteiger partial charge in [0.1, 0.15) is 0 Å². The van der Waals surface area contributed by atoms with Crippen LogP contribution in [0.1, 0.15) is 37.9 Å². The summed E-state index contributed by atoms with van der Waals surface area (Å²) in [5.74, 6) is -0.304. The van der Waals surface area contributed by atoms with Crippen LogP contribution >= 0.6 is 23.1 Å². The van der Waals surface area contributed by atoms with E-state index in [2.05, 4.69) is 4.99 Å². The Labute approximate surface area is 221 Å². The molecule has 0 N–H and O–H groups in total. The largest absolute Gasteiger partial charge is 0.493 e. The molecule has 2 heterocycles. The second kappa shape index (κ2) is 11.2. The van der Waals surface area contributed by atoms with E-state index in [1.165, 1.54) is 25.4 Å². The van der Waals surface area contributed by atoms with Crippen LogP contribution in [0.25, 0.3) is 6.08 Å². The Kier molecular flexibility index (Phi) is 7.99. The standard InChI is InChI=1S/C27H26N2O6S2/c1-6-34-26(32)23-15(2)28-27-29(24(23)18-8-10-19(36-5)11-9-18)25(31)22(37-27)14-17-7-12-20(35-16(3)30)21(13-17)33-4/h7-14,24H,6H2,1-5H3. The molecule has 3 aromatic rings. The van der Waals surface area contributed by atoms with Gasteiger partial charge in [0.25, 0.3) is 5.56 Å². The summed E-state index contributed by atoms with van der Waals surface area (Å²) in [7, 11) is 1.47. The van der Waals surface area contributed by atoms with Crippen molar-refractivity contribution < 1.29 is 23.8 Å². The zero-order valence-corrected chi connectivity index (χ0v) is 22.7. The molecule has 0 fully saturated rings. The molecule has 0 bridgehead atoms. The van der Waals surface area contributed by atoms with E-state index in [0.717, 1.165) is 10.5 Å². The number of carbonyl (C=O) groups excluding carboxylic acids is 2. The number of thiazole rings is 1. The van der Waals surface area contributed by atoms with Crippen LogP contribution in [0.3, 0.4) is 0 Å². The lowest BCUT2D eigenvalue weighted by molar-refractivity contribution is -0.139. The molecule has 0 amide bonds. The SMILES string of the molecule is CCOC(=O)C1=C(C)N=c2sc(=Cc3ccc(OC(C)=O)c(OC)c3)c(=O)n2C1c1ccc(SC)cc1. The minimum atomic E-state index is -0.672. The highest BCUT2D eigenvalue weighted by atomic mass is 32.2. The summed E-state index contributed by atoms with van der Waals surface area (Å²) < 4.78 is 17.8. The van der Waals surface area contributed by atoms with Gasteiger partial charge in [-0.15, -0.1) is 11.8 Å². The van der Waals surface area contributed by atoms with E-state index in [4.69, 9.17) is 14.2 Å². The third kappa shape index (κ3) is 5.40. The lowest BCUT2D eigenvalue weighted by atomic mass is 9.96. The first-order chi connectivity index (χ1) is 17.8. The Morgan fingerprint density at radius 2 is 1.89 bits per heavy atom. The zero-order chi connectivity index (χ0) is 26.7. The van der Waals surface area contributed by atoms with Crippen LogP contribution in [-0.4, -0.2) is 36.5 Å². The Hall–Kier alpha value is -3.63. The van der Waals surface area contributed by atoms with Gasteiger partial charge in [-0.3, -0.25) is 14.2 Å². The van der Waals surface area contributed by atoms with E-state index < -0.39 is 18.0 Å². The molecule has 0 saturated heterocycles. The summed E-state index contributed by atoms with van der Waals surface area (Å²) in [5.41, 5.74) is 2.04. The molecule has 0 spiro atoms. The van der Waals surface area contributed by atoms with Crippen molar-refractivity contribution in [3.8, 4) is 11.5 Å². The molecular formula is C27H26N2O6S2. The van der Waals surface area contributed by atoms with Crippen molar-refractivity contribution in [2.24, 2.45) is 4.99 Å². The number of hydrogen-bond acceptors (Lipinski definition) is 9. The van der Waals surface area contributed by atoms with Crippen LogP contribution in [0.15, 0.2) is 68.4 Å². The smallest absolute Gasteiger partial charge is 0.338 e. The first kappa shape index (κ1) is 26.4. The molecule has 2 aromatic carbocycles. The predicted octanol–water partition coefficient (Wildman–Crippen LogP) is 3.45. The number of allylic oxidation sites excluding steroid dienone is 1. The van der Waals surface area contributed by atoms with Crippen molar-refractivity contribution in [3.63, 3.8) is 0 Å². The monoisotopic (exact) mass is 538 g/mol. The summed E-state index contributed by atoms with van der Waals surface area (Å²) in [6, 6.07) is 12.1. The molecule has 8 nitrogen and oxygen atoms in total. The molecule has 1 unspecified atom stereocenters. The topological polar surface area (TPSA) is 96.2 Å². The van der Waals surface area contributed by atoms with Gasteiger partial charge in [-0.25, -0.2) is 9.79 Å². The number of fused-ring (bicyclic) bond motifs is 1. The zero-order valence-electron chi connectivity index (χ0n) is 21.1. The quantitative estimate of drug-likeness (QED) is 0.258. The van der Waals surface area contributed by atoms with Crippen molar-refractivity contribution in [2.45, 2.75) is 31.7 Å². The first-order valence-electron chi connectivity index (χ1n) is 11.5. The van der Waals surface area contributed by atoms with Crippen molar-refractivity contribution in [1.82, 2.24) is 4.57 Å². The van der Waals surface area contributed by atoms with Crippen molar-refractivity contribution in [3.05, 3.63) is 84.5 Å². The molecule has 1 aromatic heterocycles.